The highest BCUT2D eigenvalue weighted by Crippen LogP contribution is 2.23. The molecule has 0 aliphatic carbocycles. The molecule has 1 atom stereocenters. The minimum absolute atomic E-state index is 0.0966. The number of halogens is 2. The molecule has 0 aliphatic heterocycles. The molecule has 7 nitrogen and oxygen atoms in total. The number of carbonyl (C=O) groups excluding carboxylic acids is 2. The van der Waals surface area contributed by atoms with Gasteiger partial charge in [0.05, 0.1) is 11.9 Å². The molecule has 0 spiro atoms. The zero-order valence-corrected chi connectivity index (χ0v) is 23.0. The van der Waals surface area contributed by atoms with Crippen molar-refractivity contribution in [2.45, 2.75) is 32.9 Å². The number of anilines is 1. The van der Waals surface area contributed by atoms with Crippen LogP contribution in [0.4, 0.5) is 14.5 Å². The third-order valence-electron chi connectivity index (χ3n) is 6.02. The maximum atomic E-state index is 14.6. The minimum atomic E-state index is -4.08. The van der Waals surface area contributed by atoms with Crippen molar-refractivity contribution in [1.82, 2.24) is 10.2 Å². The molecular weight excluding hydrogens is 524 g/mol. The summed E-state index contributed by atoms with van der Waals surface area (Å²) < 4.78 is 54.3. The van der Waals surface area contributed by atoms with Crippen molar-refractivity contribution >= 4 is 27.5 Å². The predicted molar refractivity (Wildman–Crippen MR) is 147 cm³/mol. The van der Waals surface area contributed by atoms with Gasteiger partial charge in [0.1, 0.15) is 24.2 Å². The van der Waals surface area contributed by atoms with Crippen LogP contribution in [0.5, 0.6) is 0 Å². The van der Waals surface area contributed by atoms with Crippen LogP contribution in [0.3, 0.4) is 0 Å². The normalized spacial score (nSPS) is 12.2. The lowest BCUT2D eigenvalue weighted by atomic mass is 10.0. The maximum Gasteiger partial charge on any atom is 0.244 e. The standard InChI is InChI=1S/C29H33F2N3O4S/c1-21(2)18-32-29(36)27(17-22-9-5-4-6-10-22)33(19-23-13-15-24(30)16-14-23)28(35)20-34(39(3,37)38)26-12-8-7-11-25(26)31/h4-16,21,27H,17-20H2,1-3H3,(H,32,36). The van der Waals surface area contributed by atoms with Crippen molar-refractivity contribution in [1.29, 1.82) is 0 Å². The van der Waals surface area contributed by atoms with E-state index in [0.717, 1.165) is 17.9 Å². The summed E-state index contributed by atoms with van der Waals surface area (Å²) >= 11 is 0. The van der Waals surface area contributed by atoms with Crippen LogP contribution in [0, 0.1) is 17.6 Å². The maximum absolute atomic E-state index is 14.6. The number of hydrogen-bond acceptors (Lipinski definition) is 4. The minimum Gasteiger partial charge on any atom is -0.354 e. The van der Waals surface area contributed by atoms with Gasteiger partial charge in [0.15, 0.2) is 0 Å². The molecule has 0 bridgehead atoms. The topological polar surface area (TPSA) is 86.8 Å². The fourth-order valence-electron chi connectivity index (χ4n) is 4.01. The zero-order valence-electron chi connectivity index (χ0n) is 22.2. The largest absolute Gasteiger partial charge is 0.354 e. The van der Waals surface area contributed by atoms with Gasteiger partial charge in [0, 0.05) is 19.5 Å². The van der Waals surface area contributed by atoms with Crippen LogP contribution in [0.2, 0.25) is 0 Å². The molecule has 1 unspecified atom stereocenters. The van der Waals surface area contributed by atoms with E-state index in [4.69, 9.17) is 0 Å². The van der Waals surface area contributed by atoms with Crippen LogP contribution in [0.1, 0.15) is 25.0 Å². The van der Waals surface area contributed by atoms with Crippen molar-refractivity contribution in [2.24, 2.45) is 5.92 Å². The lowest BCUT2D eigenvalue weighted by Crippen LogP contribution is -2.53. The quantitative estimate of drug-likeness (QED) is 0.363. The Balaban J connectivity index is 2.05. The van der Waals surface area contributed by atoms with Crippen LogP contribution in [0.25, 0.3) is 0 Å². The Morgan fingerprint density at radius 1 is 0.872 bits per heavy atom. The van der Waals surface area contributed by atoms with E-state index in [1.54, 1.807) is 0 Å². The van der Waals surface area contributed by atoms with E-state index in [9.17, 15) is 26.8 Å². The molecule has 208 valence electrons. The molecule has 3 aromatic rings. The second-order valence-corrected chi connectivity index (χ2v) is 11.6. The van der Waals surface area contributed by atoms with Gasteiger partial charge in [-0.25, -0.2) is 17.2 Å². The number of nitrogens with zero attached hydrogens (tertiary/aromatic N) is 2. The molecule has 0 fully saturated rings. The summed E-state index contributed by atoms with van der Waals surface area (Å²) in [6, 6.07) is 18.8. The van der Waals surface area contributed by atoms with Crippen LogP contribution in [-0.4, -0.2) is 50.5 Å². The van der Waals surface area contributed by atoms with Gasteiger partial charge in [-0.3, -0.25) is 13.9 Å². The molecule has 3 aromatic carbocycles. The molecule has 2 amide bonds. The van der Waals surface area contributed by atoms with Crippen LogP contribution in [-0.2, 0) is 32.6 Å². The third-order valence-corrected chi connectivity index (χ3v) is 7.15. The SMILES string of the molecule is CC(C)CNC(=O)C(Cc1ccccc1)N(Cc1ccc(F)cc1)C(=O)CN(c1ccccc1F)S(C)(=O)=O. The van der Waals surface area contributed by atoms with Crippen molar-refractivity contribution < 1.29 is 26.8 Å². The van der Waals surface area contributed by atoms with Gasteiger partial charge in [-0.2, -0.15) is 0 Å². The Morgan fingerprint density at radius 3 is 2.08 bits per heavy atom. The summed E-state index contributed by atoms with van der Waals surface area (Å²) in [4.78, 5) is 28.6. The highest BCUT2D eigenvalue weighted by Gasteiger charge is 2.33. The van der Waals surface area contributed by atoms with E-state index in [2.05, 4.69) is 5.32 Å². The summed E-state index contributed by atoms with van der Waals surface area (Å²) in [6.45, 7) is 3.41. The molecule has 0 aliphatic rings. The molecule has 0 saturated carbocycles. The fourth-order valence-corrected chi connectivity index (χ4v) is 4.86. The first-order valence-electron chi connectivity index (χ1n) is 12.5. The molecule has 10 heteroatoms. The first-order valence-corrected chi connectivity index (χ1v) is 14.4. The summed E-state index contributed by atoms with van der Waals surface area (Å²) in [5.41, 5.74) is 1.04. The fraction of sp³-hybridized carbons (Fsp3) is 0.310. The van der Waals surface area contributed by atoms with Gasteiger partial charge >= 0.3 is 0 Å². The number of amides is 2. The average Bonchev–Trinajstić information content (AvgIpc) is 2.89. The Morgan fingerprint density at radius 2 is 1.49 bits per heavy atom. The molecule has 3 rings (SSSR count). The molecule has 0 aromatic heterocycles. The van der Waals surface area contributed by atoms with Crippen molar-refractivity contribution in [3.63, 3.8) is 0 Å². The Bertz CT molecular complexity index is 1370. The molecular formula is C29H33F2N3O4S. The number of benzene rings is 3. The average molecular weight is 558 g/mol. The van der Waals surface area contributed by atoms with Crippen molar-refractivity contribution in [2.75, 3.05) is 23.7 Å². The Hall–Kier alpha value is -3.79. The molecule has 0 saturated heterocycles. The van der Waals surface area contributed by atoms with Crippen LogP contribution in [0.15, 0.2) is 78.9 Å². The first kappa shape index (κ1) is 29.8. The van der Waals surface area contributed by atoms with E-state index in [1.807, 2.05) is 44.2 Å². The molecule has 0 heterocycles. The molecule has 1 N–H and O–H groups in total. The summed E-state index contributed by atoms with van der Waals surface area (Å²) in [6.07, 6.45) is 1.03. The van der Waals surface area contributed by atoms with Gasteiger partial charge < -0.3 is 10.2 Å². The second kappa shape index (κ2) is 13.3. The van der Waals surface area contributed by atoms with E-state index >= 15 is 0 Å². The zero-order chi connectivity index (χ0) is 28.6. The highest BCUT2D eigenvalue weighted by atomic mass is 32.2. The summed E-state index contributed by atoms with van der Waals surface area (Å²) in [5.74, 6) is -2.26. The van der Waals surface area contributed by atoms with E-state index in [-0.39, 0.29) is 24.6 Å². The predicted octanol–water partition coefficient (Wildman–Crippen LogP) is 4.14. The van der Waals surface area contributed by atoms with Crippen LogP contribution >= 0.6 is 0 Å². The van der Waals surface area contributed by atoms with Crippen LogP contribution < -0.4 is 9.62 Å². The van der Waals surface area contributed by atoms with Gasteiger partial charge in [-0.05, 0) is 41.3 Å². The highest BCUT2D eigenvalue weighted by molar-refractivity contribution is 7.92. The summed E-state index contributed by atoms with van der Waals surface area (Å²) in [5, 5.41) is 2.87. The van der Waals surface area contributed by atoms with E-state index < -0.39 is 46.1 Å². The lowest BCUT2D eigenvalue weighted by molar-refractivity contribution is -0.140. The number of sulfonamides is 1. The Labute approximate surface area is 228 Å². The first-order chi connectivity index (χ1) is 18.5. The number of rotatable bonds is 12. The lowest BCUT2D eigenvalue weighted by Gasteiger charge is -2.33. The van der Waals surface area contributed by atoms with Gasteiger partial charge in [-0.15, -0.1) is 0 Å². The van der Waals surface area contributed by atoms with Crippen molar-refractivity contribution in [3.8, 4) is 0 Å². The second-order valence-electron chi connectivity index (χ2n) is 9.71. The van der Waals surface area contributed by atoms with E-state index in [0.29, 0.717) is 16.4 Å². The number of nitrogens with one attached hydrogen (secondary N) is 1. The third kappa shape index (κ3) is 8.61. The Kier molecular flexibility index (Phi) is 10.2. The smallest absolute Gasteiger partial charge is 0.244 e. The van der Waals surface area contributed by atoms with Gasteiger partial charge in [0.2, 0.25) is 21.8 Å². The van der Waals surface area contributed by atoms with Gasteiger partial charge in [-0.1, -0.05) is 68.4 Å². The number of carbonyl (C=O) groups is 2. The van der Waals surface area contributed by atoms with Gasteiger partial charge in [0.25, 0.3) is 0 Å². The monoisotopic (exact) mass is 557 g/mol. The number of hydrogen-bond donors (Lipinski definition) is 1. The molecule has 39 heavy (non-hydrogen) atoms. The number of para-hydroxylation sites is 1. The molecule has 0 radical (unpaired) electrons. The van der Waals surface area contributed by atoms with Crippen molar-refractivity contribution in [3.05, 3.63) is 102 Å². The summed E-state index contributed by atoms with van der Waals surface area (Å²) in [7, 11) is -4.08. The van der Waals surface area contributed by atoms with E-state index in [1.165, 1.54) is 47.4 Å².